The van der Waals surface area contributed by atoms with Gasteiger partial charge in [-0.1, -0.05) is 6.42 Å². The van der Waals surface area contributed by atoms with Crippen molar-refractivity contribution in [3.8, 4) is 0 Å². The van der Waals surface area contributed by atoms with Crippen LogP contribution in [0.2, 0.25) is 0 Å². The number of primary amides is 1. The first kappa shape index (κ1) is 13.8. The largest absolute Gasteiger partial charge is 0.465 e. The Bertz CT molecular complexity index is 309. The number of carbonyl (C=O) groups is 2. The molecule has 1 fully saturated rings. The van der Waals surface area contributed by atoms with E-state index >= 15 is 0 Å². The van der Waals surface area contributed by atoms with Crippen molar-refractivity contribution in [3.63, 3.8) is 0 Å². The highest BCUT2D eigenvalue weighted by Gasteiger charge is 2.37. The topological polar surface area (TPSA) is 83.6 Å². The van der Waals surface area contributed by atoms with E-state index in [2.05, 4.69) is 0 Å². The second kappa shape index (κ2) is 4.94. The van der Waals surface area contributed by atoms with Gasteiger partial charge in [0.05, 0.1) is 0 Å². The van der Waals surface area contributed by atoms with Gasteiger partial charge in [0.15, 0.2) is 0 Å². The van der Waals surface area contributed by atoms with Gasteiger partial charge in [-0.15, -0.1) is 0 Å². The number of rotatable bonds is 2. The number of hydrogen-bond donors (Lipinski definition) is 2. The Balaban J connectivity index is 2.82. The zero-order valence-electron chi connectivity index (χ0n) is 10.8. The monoisotopic (exact) mass is 242 g/mol. The third-order valence-electron chi connectivity index (χ3n) is 3.34. The average Bonchev–Trinajstić information content (AvgIpc) is 2.15. The summed E-state index contributed by atoms with van der Waals surface area (Å²) in [6.07, 6.45) is 2.08. The molecular formula is C12H22N2O3. The molecule has 3 N–H and O–H groups in total. The molecule has 1 rings (SSSR count). The van der Waals surface area contributed by atoms with Crippen LogP contribution in [0.15, 0.2) is 0 Å². The fraction of sp³-hybridized carbons (Fsp3) is 0.833. The molecule has 0 aromatic rings. The lowest BCUT2D eigenvalue weighted by atomic mass is 9.83. The number of carbonyl (C=O) groups excluding carboxylic acids is 1. The summed E-state index contributed by atoms with van der Waals surface area (Å²) in [5, 5.41) is 9.30. The summed E-state index contributed by atoms with van der Waals surface area (Å²) in [5.74, 6) is -0.494. The predicted molar refractivity (Wildman–Crippen MR) is 64.6 cm³/mol. The summed E-state index contributed by atoms with van der Waals surface area (Å²) < 4.78 is 0. The van der Waals surface area contributed by atoms with Crippen molar-refractivity contribution in [3.05, 3.63) is 0 Å². The molecule has 0 aliphatic heterocycles. The Morgan fingerprint density at radius 1 is 1.29 bits per heavy atom. The fourth-order valence-corrected chi connectivity index (χ4v) is 2.65. The average molecular weight is 242 g/mol. The van der Waals surface area contributed by atoms with Crippen molar-refractivity contribution >= 4 is 12.0 Å². The first-order chi connectivity index (χ1) is 7.73. The molecular weight excluding hydrogens is 220 g/mol. The van der Waals surface area contributed by atoms with Crippen LogP contribution in [-0.4, -0.2) is 33.6 Å². The third-order valence-corrected chi connectivity index (χ3v) is 3.34. The van der Waals surface area contributed by atoms with Crippen LogP contribution < -0.4 is 5.73 Å². The van der Waals surface area contributed by atoms with E-state index in [-0.39, 0.29) is 17.9 Å². The molecule has 0 heterocycles. The first-order valence-electron chi connectivity index (χ1n) is 6.05. The van der Waals surface area contributed by atoms with Crippen LogP contribution in [0.5, 0.6) is 0 Å². The molecule has 0 aromatic carbocycles. The number of nitrogens with zero attached hydrogens (tertiary/aromatic N) is 1. The second-order valence-electron chi connectivity index (χ2n) is 5.74. The Morgan fingerprint density at radius 3 is 2.29 bits per heavy atom. The van der Waals surface area contributed by atoms with Gasteiger partial charge in [0.1, 0.15) is 0 Å². The highest BCUT2D eigenvalue weighted by atomic mass is 16.4. The lowest BCUT2D eigenvalue weighted by molar-refractivity contribution is -0.123. The van der Waals surface area contributed by atoms with Gasteiger partial charge in [0.25, 0.3) is 0 Å². The van der Waals surface area contributed by atoms with Gasteiger partial charge in [-0.05, 0) is 40.0 Å². The third kappa shape index (κ3) is 3.35. The van der Waals surface area contributed by atoms with Crippen molar-refractivity contribution in [2.24, 2.45) is 11.7 Å². The van der Waals surface area contributed by atoms with Crippen molar-refractivity contribution in [2.75, 3.05) is 0 Å². The van der Waals surface area contributed by atoms with Gasteiger partial charge in [0, 0.05) is 17.5 Å². The lowest BCUT2D eigenvalue weighted by Crippen LogP contribution is -2.53. The zero-order chi connectivity index (χ0) is 13.2. The van der Waals surface area contributed by atoms with Gasteiger partial charge in [-0.2, -0.15) is 0 Å². The van der Waals surface area contributed by atoms with Crippen LogP contribution in [0, 0.1) is 5.92 Å². The maximum Gasteiger partial charge on any atom is 0.407 e. The number of nitrogens with two attached hydrogens (primary N) is 1. The van der Waals surface area contributed by atoms with E-state index in [0.717, 1.165) is 19.3 Å². The molecule has 17 heavy (non-hydrogen) atoms. The molecule has 0 saturated heterocycles. The van der Waals surface area contributed by atoms with E-state index in [0.29, 0.717) is 6.42 Å². The van der Waals surface area contributed by atoms with E-state index in [1.165, 1.54) is 4.90 Å². The molecule has 1 saturated carbocycles. The van der Waals surface area contributed by atoms with Crippen LogP contribution >= 0.6 is 0 Å². The van der Waals surface area contributed by atoms with E-state index in [9.17, 15) is 14.7 Å². The smallest absolute Gasteiger partial charge is 0.407 e. The van der Waals surface area contributed by atoms with E-state index in [4.69, 9.17) is 5.73 Å². The summed E-state index contributed by atoms with van der Waals surface area (Å²) in [7, 11) is 0. The standard InChI is InChI=1S/C12H22N2O3/c1-12(2,3)14(11(16)17)9-6-4-5-8(7-9)10(13)15/h8-9H,4-7H2,1-3H3,(H2,13,15)(H,16,17). The molecule has 2 atom stereocenters. The normalized spacial score (nSPS) is 25.4. The SMILES string of the molecule is CC(C)(C)N(C(=O)O)C1CCCC(C(N)=O)C1. The predicted octanol–water partition coefficient (Wildman–Crippen LogP) is 1.81. The highest BCUT2D eigenvalue weighted by molar-refractivity contribution is 5.77. The molecule has 2 amide bonds. The van der Waals surface area contributed by atoms with Gasteiger partial charge in [-0.3, -0.25) is 4.79 Å². The fourth-order valence-electron chi connectivity index (χ4n) is 2.65. The van der Waals surface area contributed by atoms with E-state index in [1.54, 1.807) is 0 Å². The van der Waals surface area contributed by atoms with Crippen molar-refractivity contribution in [1.29, 1.82) is 0 Å². The molecule has 5 heteroatoms. The Hall–Kier alpha value is -1.26. The highest BCUT2D eigenvalue weighted by Crippen LogP contribution is 2.31. The molecule has 0 spiro atoms. The van der Waals surface area contributed by atoms with Crippen molar-refractivity contribution < 1.29 is 14.7 Å². The molecule has 2 unspecified atom stereocenters. The number of hydrogen-bond acceptors (Lipinski definition) is 2. The molecule has 0 aromatic heterocycles. The summed E-state index contributed by atoms with van der Waals surface area (Å²) in [6.45, 7) is 5.61. The van der Waals surface area contributed by atoms with E-state index in [1.807, 2.05) is 20.8 Å². The summed E-state index contributed by atoms with van der Waals surface area (Å²) in [6, 6.07) is -0.0984. The van der Waals surface area contributed by atoms with Crippen LogP contribution in [0.4, 0.5) is 4.79 Å². The maximum atomic E-state index is 11.3. The van der Waals surface area contributed by atoms with Crippen LogP contribution in [0.1, 0.15) is 46.5 Å². The quantitative estimate of drug-likeness (QED) is 0.774. The molecule has 5 nitrogen and oxygen atoms in total. The maximum absolute atomic E-state index is 11.3. The Morgan fingerprint density at radius 2 is 1.88 bits per heavy atom. The molecule has 98 valence electrons. The Labute approximate surface area is 102 Å². The number of amides is 2. The minimum atomic E-state index is -0.923. The van der Waals surface area contributed by atoms with Crippen LogP contribution in [0.3, 0.4) is 0 Å². The molecule has 1 aliphatic rings. The van der Waals surface area contributed by atoms with E-state index < -0.39 is 11.6 Å². The van der Waals surface area contributed by atoms with Gasteiger partial charge in [0.2, 0.25) is 5.91 Å². The van der Waals surface area contributed by atoms with Crippen molar-refractivity contribution in [1.82, 2.24) is 4.90 Å². The second-order valence-corrected chi connectivity index (χ2v) is 5.74. The molecule has 1 aliphatic carbocycles. The van der Waals surface area contributed by atoms with Crippen LogP contribution in [-0.2, 0) is 4.79 Å². The first-order valence-corrected chi connectivity index (χ1v) is 6.05. The van der Waals surface area contributed by atoms with Crippen molar-refractivity contribution in [2.45, 2.75) is 58.0 Å². The summed E-state index contributed by atoms with van der Waals surface area (Å²) in [5.41, 5.74) is 4.86. The van der Waals surface area contributed by atoms with Gasteiger partial charge < -0.3 is 15.7 Å². The summed E-state index contributed by atoms with van der Waals surface area (Å²) >= 11 is 0. The lowest BCUT2D eigenvalue weighted by Gasteiger charge is -2.42. The number of carboxylic acid groups (broad SMARTS) is 1. The summed E-state index contributed by atoms with van der Waals surface area (Å²) in [4.78, 5) is 24.0. The van der Waals surface area contributed by atoms with Gasteiger partial charge in [-0.25, -0.2) is 4.79 Å². The molecule has 0 bridgehead atoms. The zero-order valence-corrected chi connectivity index (χ0v) is 10.8. The van der Waals surface area contributed by atoms with Gasteiger partial charge >= 0.3 is 6.09 Å². The Kier molecular flexibility index (Phi) is 4.01. The minimum absolute atomic E-state index is 0.0984. The minimum Gasteiger partial charge on any atom is -0.465 e. The van der Waals surface area contributed by atoms with Crippen LogP contribution in [0.25, 0.3) is 0 Å². The molecule has 0 radical (unpaired) electrons.